The van der Waals surface area contributed by atoms with Crippen molar-refractivity contribution in [2.24, 2.45) is 5.92 Å². The van der Waals surface area contributed by atoms with Crippen molar-refractivity contribution < 1.29 is 9.50 Å². The molecule has 0 heterocycles. The molecule has 1 atom stereocenters. The standard InChI is InChI=1S/C13H17FO/c1-13(15,10-5-2-3-6-10)11-7-4-8-12(14)9-11/h4,7-10,15H,2-3,5-6H2,1H3. The molecule has 15 heavy (non-hydrogen) atoms. The first kappa shape index (κ1) is 10.6. The topological polar surface area (TPSA) is 20.2 Å². The third kappa shape index (κ3) is 2.05. The summed E-state index contributed by atoms with van der Waals surface area (Å²) in [7, 11) is 0. The molecule has 1 fully saturated rings. The largest absolute Gasteiger partial charge is 0.385 e. The number of rotatable bonds is 2. The van der Waals surface area contributed by atoms with Crippen LogP contribution in [0, 0.1) is 11.7 Å². The summed E-state index contributed by atoms with van der Waals surface area (Å²) < 4.78 is 13.1. The second-order valence-electron chi connectivity index (χ2n) is 4.64. The maximum atomic E-state index is 13.1. The molecule has 1 N–H and O–H groups in total. The van der Waals surface area contributed by atoms with Crippen molar-refractivity contribution >= 4 is 0 Å². The van der Waals surface area contributed by atoms with E-state index >= 15 is 0 Å². The third-order valence-electron chi connectivity index (χ3n) is 3.56. The van der Waals surface area contributed by atoms with Crippen LogP contribution in [0.1, 0.15) is 38.2 Å². The van der Waals surface area contributed by atoms with Crippen LogP contribution >= 0.6 is 0 Å². The molecule has 0 aromatic heterocycles. The van der Waals surface area contributed by atoms with Gasteiger partial charge < -0.3 is 5.11 Å². The van der Waals surface area contributed by atoms with Crippen LogP contribution in [0.25, 0.3) is 0 Å². The molecule has 0 amide bonds. The number of hydrogen-bond acceptors (Lipinski definition) is 1. The van der Waals surface area contributed by atoms with Crippen molar-refractivity contribution in [1.82, 2.24) is 0 Å². The van der Waals surface area contributed by atoms with Gasteiger partial charge in [-0.3, -0.25) is 0 Å². The summed E-state index contributed by atoms with van der Waals surface area (Å²) in [6.07, 6.45) is 4.44. The van der Waals surface area contributed by atoms with E-state index in [1.54, 1.807) is 19.1 Å². The SMILES string of the molecule is CC(O)(c1cccc(F)c1)C1CCCC1. The van der Waals surface area contributed by atoms with E-state index in [2.05, 4.69) is 0 Å². The Morgan fingerprint density at radius 1 is 1.33 bits per heavy atom. The number of aliphatic hydroxyl groups is 1. The molecule has 0 radical (unpaired) electrons. The summed E-state index contributed by atoms with van der Waals surface area (Å²) in [5.41, 5.74) is -0.173. The zero-order valence-electron chi connectivity index (χ0n) is 9.04. The van der Waals surface area contributed by atoms with Gasteiger partial charge in [0.2, 0.25) is 0 Å². The van der Waals surface area contributed by atoms with E-state index < -0.39 is 5.60 Å². The first-order valence-corrected chi connectivity index (χ1v) is 5.59. The van der Waals surface area contributed by atoms with Gasteiger partial charge in [0, 0.05) is 0 Å². The average molecular weight is 208 g/mol. The van der Waals surface area contributed by atoms with Crippen molar-refractivity contribution in [3.05, 3.63) is 35.6 Å². The molecule has 1 aromatic rings. The molecule has 0 saturated heterocycles. The van der Waals surface area contributed by atoms with Gasteiger partial charge in [0.25, 0.3) is 0 Å². The van der Waals surface area contributed by atoms with Gasteiger partial charge in [0.15, 0.2) is 0 Å². The second-order valence-corrected chi connectivity index (χ2v) is 4.64. The Bertz CT molecular complexity index is 340. The average Bonchev–Trinajstić information content (AvgIpc) is 2.71. The molecule has 1 nitrogen and oxygen atoms in total. The minimum Gasteiger partial charge on any atom is -0.385 e. The monoisotopic (exact) mass is 208 g/mol. The Morgan fingerprint density at radius 3 is 2.60 bits per heavy atom. The first-order valence-electron chi connectivity index (χ1n) is 5.59. The Labute approximate surface area is 89.9 Å². The van der Waals surface area contributed by atoms with E-state index in [-0.39, 0.29) is 11.7 Å². The van der Waals surface area contributed by atoms with Crippen LogP contribution in [0.15, 0.2) is 24.3 Å². The second kappa shape index (κ2) is 3.93. The number of halogens is 1. The van der Waals surface area contributed by atoms with Gasteiger partial charge in [-0.25, -0.2) is 4.39 Å². The summed E-state index contributed by atoms with van der Waals surface area (Å²) in [4.78, 5) is 0. The van der Waals surface area contributed by atoms with Crippen LogP contribution in [-0.2, 0) is 5.60 Å². The third-order valence-corrected chi connectivity index (χ3v) is 3.56. The lowest BCUT2D eigenvalue weighted by Crippen LogP contribution is -2.30. The van der Waals surface area contributed by atoms with Crippen LogP contribution in [0.4, 0.5) is 4.39 Å². The quantitative estimate of drug-likeness (QED) is 0.791. The highest BCUT2D eigenvalue weighted by atomic mass is 19.1. The van der Waals surface area contributed by atoms with Crippen molar-refractivity contribution in [2.45, 2.75) is 38.2 Å². The molecule has 2 rings (SSSR count). The lowest BCUT2D eigenvalue weighted by molar-refractivity contribution is -0.00357. The molecule has 1 aromatic carbocycles. The fourth-order valence-corrected chi connectivity index (χ4v) is 2.53. The summed E-state index contributed by atoms with van der Waals surface area (Å²) in [5.74, 6) is 0.00470. The molecular formula is C13H17FO. The minimum absolute atomic E-state index is 0.272. The van der Waals surface area contributed by atoms with Crippen LogP contribution < -0.4 is 0 Å². The Kier molecular flexibility index (Phi) is 2.79. The van der Waals surface area contributed by atoms with Gasteiger partial charge >= 0.3 is 0 Å². The van der Waals surface area contributed by atoms with E-state index in [0.29, 0.717) is 5.56 Å². The highest BCUT2D eigenvalue weighted by Gasteiger charge is 2.35. The maximum absolute atomic E-state index is 13.1. The van der Waals surface area contributed by atoms with Crippen molar-refractivity contribution in [3.8, 4) is 0 Å². The highest BCUT2D eigenvalue weighted by molar-refractivity contribution is 5.23. The van der Waals surface area contributed by atoms with Crippen molar-refractivity contribution in [1.29, 1.82) is 0 Å². The molecule has 1 unspecified atom stereocenters. The van der Waals surface area contributed by atoms with Gasteiger partial charge in [-0.15, -0.1) is 0 Å². The molecule has 0 aliphatic heterocycles. The minimum atomic E-state index is -0.876. The number of hydrogen-bond donors (Lipinski definition) is 1. The van der Waals surface area contributed by atoms with Crippen molar-refractivity contribution in [2.75, 3.05) is 0 Å². The molecular weight excluding hydrogens is 191 g/mol. The lowest BCUT2D eigenvalue weighted by Gasteiger charge is -2.30. The van der Waals surface area contributed by atoms with Crippen LogP contribution in [0.2, 0.25) is 0 Å². The molecule has 1 saturated carbocycles. The van der Waals surface area contributed by atoms with E-state index in [4.69, 9.17) is 0 Å². The van der Waals surface area contributed by atoms with E-state index in [0.717, 1.165) is 12.8 Å². The van der Waals surface area contributed by atoms with Crippen LogP contribution in [0.5, 0.6) is 0 Å². The number of benzene rings is 1. The van der Waals surface area contributed by atoms with Gasteiger partial charge in [-0.05, 0) is 43.4 Å². The van der Waals surface area contributed by atoms with Crippen molar-refractivity contribution in [3.63, 3.8) is 0 Å². The molecule has 2 heteroatoms. The van der Waals surface area contributed by atoms with E-state index in [1.807, 2.05) is 0 Å². The Balaban J connectivity index is 2.27. The maximum Gasteiger partial charge on any atom is 0.123 e. The molecule has 1 aliphatic rings. The summed E-state index contributed by atoms with van der Waals surface area (Å²) in [6.45, 7) is 1.80. The van der Waals surface area contributed by atoms with Gasteiger partial charge in [-0.2, -0.15) is 0 Å². The van der Waals surface area contributed by atoms with Gasteiger partial charge in [-0.1, -0.05) is 25.0 Å². The highest BCUT2D eigenvalue weighted by Crippen LogP contribution is 2.40. The predicted molar refractivity (Wildman–Crippen MR) is 57.9 cm³/mol. The fourth-order valence-electron chi connectivity index (χ4n) is 2.53. The lowest BCUT2D eigenvalue weighted by atomic mass is 9.82. The molecule has 1 aliphatic carbocycles. The Hall–Kier alpha value is -0.890. The summed E-state index contributed by atoms with van der Waals surface area (Å²) in [6, 6.07) is 6.32. The Morgan fingerprint density at radius 2 is 2.00 bits per heavy atom. The molecule has 82 valence electrons. The van der Waals surface area contributed by atoms with Crippen LogP contribution in [-0.4, -0.2) is 5.11 Å². The zero-order valence-corrected chi connectivity index (χ0v) is 9.04. The smallest absolute Gasteiger partial charge is 0.123 e. The normalized spacial score (nSPS) is 21.5. The molecule has 0 spiro atoms. The zero-order chi connectivity index (χ0) is 10.9. The predicted octanol–water partition coefficient (Wildman–Crippen LogP) is 3.22. The first-order chi connectivity index (χ1) is 7.10. The molecule has 0 bridgehead atoms. The van der Waals surface area contributed by atoms with E-state index in [9.17, 15) is 9.50 Å². The van der Waals surface area contributed by atoms with Gasteiger partial charge in [0.05, 0.1) is 5.60 Å². The summed E-state index contributed by atoms with van der Waals surface area (Å²) >= 11 is 0. The van der Waals surface area contributed by atoms with Gasteiger partial charge in [0.1, 0.15) is 5.82 Å². The van der Waals surface area contributed by atoms with E-state index in [1.165, 1.54) is 25.0 Å². The summed E-state index contributed by atoms with van der Waals surface area (Å²) in [5, 5.41) is 10.4. The van der Waals surface area contributed by atoms with Crippen LogP contribution in [0.3, 0.4) is 0 Å². The fraction of sp³-hybridized carbons (Fsp3) is 0.538.